The summed E-state index contributed by atoms with van der Waals surface area (Å²) < 4.78 is 9.88. The molecule has 0 heterocycles. The molecule has 0 spiro atoms. The third-order valence-electron chi connectivity index (χ3n) is 0.955. The van der Waals surface area contributed by atoms with Gasteiger partial charge in [0.1, 0.15) is 6.26 Å². The van der Waals surface area contributed by atoms with E-state index in [9.17, 15) is 4.79 Å². The van der Waals surface area contributed by atoms with E-state index >= 15 is 0 Å². The van der Waals surface area contributed by atoms with Crippen LogP contribution in [0.25, 0.3) is 0 Å². The summed E-state index contributed by atoms with van der Waals surface area (Å²) in [7, 11) is 0. The van der Waals surface area contributed by atoms with E-state index in [2.05, 4.69) is 0 Å². The summed E-state index contributed by atoms with van der Waals surface area (Å²) in [4.78, 5) is 10.2. The van der Waals surface area contributed by atoms with E-state index in [0.29, 0.717) is 19.5 Å². The smallest absolute Gasteiger partial charge is 0.193 e. The fourth-order valence-corrected chi connectivity index (χ4v) is 0.481. The van der Waals surface area contributed by atoms with Crippen LogP contribution in [0.2, 0.25) is 0 Å². The highest BCUT2D eigenvalue weighted by atomic mass is 16.5. The number of carbonyl (C=O) groups is 1. The first-order valence-electron chi connectivity index (χ1n) is 3.74. The molecular formula is C8H14O3. The van der Waals surface area contributed by atoms with E-state index in [0.717, 1.165) is 6.42 Å². The molecule has 0 aliphatic heterocycles. The van der Waals surface area contributed by atoms with E-state index in [1.165, 1.54) is 6.26 Å². The predicted molar refractivity (Wildman–Crippen MR) is 42.0 cm³/mol. The van der Waals surface area contributed by atoms with Crippen molar-refractivity contribution in [1.82, 2.24) is 0 Å². The van der Waals surface area contributed by atoms with E-state index < -0.39 is 0 Å². The Labute approximate surface area is 67.0 Å². The van der Waals surface area contributed by atoms with Crippen molar-refractivity contribution in [2.24, 2.45) is 0 Å². The number of aldehydes is 1. The molecule has 3 nitrogen and oxygen atoms in total. The third kappa shape index (κ3) is 5.45. The van der Waals surface area contributed by atoms with Gasteiger partial charge in [0, 0.05) is 0 Å². The van der Waals surface area contributed by atoms with Crippen LogP contribution in [0.15, 0.2) is 12.0 Å². The van der Waals surface area contributed by atoms with Crippen molar-refractivity contribution in [3.05, 3.63) is 12.0 Å². The van der Waals surface area contributed by atoms with E-state index in [-0.39, 0.29) is 5.76 Å². The maximum Gasteiger partial charge on any atom is 0.193 e. The molecule has 3 heteroatoms. The Morgan fingerprint density at radius 1 is 1.45 bits per heavy atom. The van der Waals surface area contributed by atoms with Gasteiger partial charge < -0.3 is 9.47 Å². The van der Waals surface area contributed by atoms with Crippen molar-refractivity contribution in [3.8, 4) is 0 Å². The summed E-state index contributed by atoms with van der Waals surface area (Å²) in [6, 6.07) is 0. The van der Waals surface area contributed by atoms with E-state index in [1.54, 1.807) is 0 Å². The maximum absolute atomic E-state index is 10.2. The van der Waals surface area contributed by atoms with Crippen molar-refractivity contribution in [2.45, 2.75) is 20.3 Å². The van der Waals surface area contributed by atoms with Gasteiger partial charge in [0.2, 0.25) is 0 Å². The Morgan fingerprint density at radius 2 is 2.18 bits per heavy atom. The van der Waals surface area contributed by atoms with Crippen LogP contribution >= 0.6 is 0 Å². The average Bonchev–Trinajstić information content (AvgIpc) is 2.05. The van der Waals surface area contributed by atoms with Gasteiger partial charge in [-0.25, -0.2) is 0 Å². The van der Waals surface area contributed by atoms with Crippen LogP contribution in [0, 0.1) is 0 Å². The number of allylic oxidation sites excluding steroid dienone is 1. The number of carbonyl (C=O) groups excluding carboxylic acids is 1. The Hall–Kier alpha value is -0.990. The number of rotatable bonds is 6. The molecule has 0 saturated carbocycles. The standard InChI is InChI=1S/C8H14O3/c1-3-5-11-8(6-9)7-10-4-2/h6-7H,3-5H2,1-2H3. The molecule has 11 heavy (non-hydrogen) atoms. The zero-order chi connectivity index (χ0) is 8.53. The van der Waals surface area contributed by atoms with Crippen LogP contribution < -0.4 is 0 Å². The van der Waals surface area contributed by atoms with Crippen molar-refractivity contribution < 1.29 is 14.3 Å². The lowest BCUT2D eigenvalue weighted by molar-refractivity contribution is -0.108. The highest BCUT2D eigenvalue weighted by molar-refractivity contribution is 5.69. The van der Waals surface area contributed by atoms with Crippen LogP contribution in [-0.2, 0) is 14.3 Å². The first-order chi connectivity index (χ1) is 5.35. The number of ether oxygens (including phenoxy) is 2. The SMILES string of the molecule is CCCOC(C=O)=COCC. The molecule has 0 bridgehead atoms. The Morgan fingerprint density at radius 3 is 2.64 bits per heavy atom. The monoisotopic (exact) mass is 158 g/mol. The normalized spacial score (nSPS) is 10.9. The van der Waals surface area contributed by atoms with Gasteiger partial charge in [0.05, 0.1) is 13.2 Å². The molecule has 0 aromatic rings. The van der Waals surface area contributed by atoms with Gasteiger partial charge in [-0.15, -0.1) is 0 Å². The van der Waals surface area contributed by atoms with Crippen LogP contribution in [0.1, 0.15) is 20.3 Å². The molecular weight excluding hydrogens is 144 g/mol. The molecule has 0 atom stereocenters. The van der Waals surface area contributed by atoms with Gasteiger partial charge in [0.15, 0.2) is 12.0 Å². The lowest BCUT2D eigenvalue weighted by Gasteiger charge is -2.02. The topological polar surface area (TPSA) is 35.5 Å². The van der Waals surface area contributed by atoms with E-state index in [4.69, 9.17) is 9.47 Å². The summed E-state index contributed by atoms with van der Waals surface area (Å²) in [5.74, 6) is 0.258. The highest BCUT2D eigenvalue weighted by Gasteiger charge is 1.93. The van der Waals surface area contributed by atoms with Crippen molar-refractivity contribution in [3.63, 3.8) is 0 Å². The van der Waals surface area contributed by atoms with Gasteiger partial charge in [-0.1, -0.05) is 6.92 Å². The average molecular weight is 158 g/mol. The van der Waals surface area contributed by atoms with Crippen LogP contribution in [0.5, 0.6) is 0 Å². The van der Waals surface area contributed by atoms with Gasteiger partial charge in [-0.2, -0.15) is 0 Å². The zero-order valence-corrected chi connectivity index (χ0v) is 7.00. The molecule has 0 aromatic heterocycles. The molecule has 0 aliphatic carbocycles. The molecule has 64 valence electrons. The maximum atomic E-state index is 10.2. The lowest BCUT2D eigenvalue weighted by atomic mass is 10.5. The first-order valence-corrected chi connectivity index (χ1v) is 3.74. The van der Waals surface area contributed by atoms with E-state index in [1.807, 2.05) is 13.8 Å². The summed E-state index contributed by atoms with van der Waals surface area (Å²) in [6.45, 7) is 4.92. The van der Waals surface area contributed by atoms with Crippen LogP contribution in [0.4, 0.5) is 0 Å². The summed E-state index contributed by atoms with van der Waals surface area (Å²) in [6.07, 6.45) is 2.87. The summed E-state index contributed by atoms with van der Waals surface area (Å²) in [5.41, 5.74) is 0. The molecule has 0 aromatic carbocycles. The Bertz CT molecular complexity index is 129. The minimum absolute atomic E-state index is 0.258. The fourth-order valence-electron chi connectivity index (χ4n) is 0.481. The van der Waals surface area contributed by atoms with Gasteiger partial charge in [0.25, 0.3) is 0 Å². The second-order valence-corrected chi connectivity index (χ2v) is 1.94. The molecule has 0 amide bonds. The van der Waals surface area contributed by atoms with Gasteiger partial charge >= 0.3 is 0 Å². The highest BCUT2D eigenvalue weighted by Crippen LogP contribution is 1.94. The predicted octanol–water partition coefficient (Wildman–Crippen LogP) is 1.49. The quantitative estimate of drug-likeness (QED) is 0.334. The number of hydrogen-bond donors (Lipinski definition) is 0. The molecule has 0 saturated heterocycles. The Balaban J connectivity index is 3.64. The minimum Gasteiger partial charge on any atom is -0.497 e. The number of hydrogen-bond acceptors (Lipinski definition) is 3. The van der Waals surface area contributed by atoms with Crippen LogP contribution in [0.3, 0.4) is 0 Å². The van der Waals surface area contributed by atoms with Gasteiger partial charge in [-0.3, -0.25) is 4.79 Å². The zero-order valence-electron chi connectivity index (χ0n) is 7.00. The molecule has 0 aliphatic rings. The second-order valence-electron chi connectivity index (χ2n) is 1.94. The lowest BCUT2D eigenvalue weighted by Crippen LogP contribution is -1.96. The van der Waals surface area contributed by atoms with Crippen LogP contribution in [-0.4, -0.2) is 19.5 Å². The molecule has 0 radical (unpaired) electrons. The van der Waals surface area contributed by atoms with Crippen molar-refractivity contribution in [2.75, 3.05) is 13.2 Å². The first kappa shape index (κ1) is 10.0. The van der Waals surface area contributed by atoms with Gasteiger partial charge in [-0.05, 0) is 13.3 Å². The fraction of sp³-hybridized carbons (Fsp3) is 0.625. The second kappa shape index (κ2) is 7.12. The molecule has 0 N–H and O–H groups in total. The summed E-state index contributed by atoms with van der Waals surface area (Å²) in [5, 5.41) is 0. The third-order valence-corrected chi connectivity index (χ3v) is 0.955. The summed E-state index contributed by atoms with van der Waals surface area (Å²) >= 11 is 0. The molecule has 0 fully saturated rings. The minimum atomic E-state index is 0.258. The molecule has 0 rings (SSSR count). The largest absolute Gasteiger partial charge is 0.497 e. The molecule has 0 unspecified atom stereocenters. The Kier molecular flexibility index (Phi) is 6.48. The van der Waals surface area contributed by atoms with Crippen molar-refractivity contribution in [1.29, 1.82) is 0 Å². The van der Waals surface area contributed by atoms with Crippen molar-refractivity contribution >= 4 is 6.29 Å².